The molecule has 0 saturated carbocycles. The number of hydrogen-bond acceptors (Lipinski definition) is 9. The van der Waals surface area contributed by atoms with Gasteiger partial charge in [-0.15, -0.1) is 0 Å². The molecule has 0 amide bonds. The van der Waals surface area contributed by atoms with Crippen LogP contribution in [0.2, 0.25) is 0 Å². The number of ether oxygens (including phenoxy) is 2. The van der Waals surface area contributed by atoms with Crippen LogP contribution in [-0.4, -0.2) is 73.1 Å². The fraction of sp³-hybridized carbons (Fsp3) is 0.781. The number of hydrogen-bond donors (Lipinski definition) is 1. The average molecular weight is 676 g/mol. The first-order valence-electron chi connectivity index (χ1n) is 16.7. The third-order valence-electron chi connectivity index (χ3n) is 7.75. The Morgan fingerprint density at radius 2 is 1.65 bits per heavy atom. The Balaban J connectivity index is 1.79. The van der Waals surface area contributed by atoms with E-state index in [4.69, 9.17) is 18.5 Å². The minimum Gasteiger partial charge on any atom is -0.756 e. The second-order valence-corrected chi connectivity index (χ2v) is 14.4. The van der Waals surface area contributed by atoms with Crippen LogP contribution in [0.5, 0.6) is 0 Å². The minimum absolute atomic E-state index is 0.0803. The number of halogens is 1. The molecule has 0 aromatic carbocycles. The molecule has 0 spiro atoms. The zero-order valence-corrected chi connectivity index (χ0v) is 29.0. The van der Waals surface area contributed by atoms with E-state index in [1.807, 2.05) is 26.1 Å². The third-order valence-corrected chi connectivity index (χ3v) is 8.71. The molecule has 1 N–H and O–H groups in total. The van der Waals surface area contributed by atoms with Crippen molar-refractivity contribution in [3.63, 3.8) is 0 Å². The van der Waals surface area contributed by atoms with Crippen LogP contribution in [0.15, 0.2) is 27.9 Å². The van der Waals surface area contributed by atoms with E-state index in [0.29, 0.717) is 23.6 Å². The molecule has 12 nitrogen and oxygen atoms in total. The molecule has 2 heterocycles. The van der Waals surface area contributed by atoms with Crippen LogP contribution in [0.25, 0.3) is 0 Å². The summed E-state index contributed by atoms with van der Waals surface area (Å²) in [4.78, 5) is 50.6. The number of phosphoric acid groups is 1. The van der Waals surface area contributed by atoms with Gasteiger partial charge in [-0.25, -0.2) is 4.79 Å². The number of aromatic nitrogens is 2. The van der Waals surface area contributed by atoms with Gasteiger partial charge < -0.3 is 27.9 Å². The van der Waals surface area contributed by atoms with Crippen LogP contribution in [0.4, 0.5) is 4.39 Å². The van der Waals surface area contributed by atoms with Gasteiger partial charge in [-0.05, 0) is 32.1 Å². The van der Waals surface area contributed by atoms with Crippen molar-refractivity contribution in [1.82, 2.24) is 9.55 Å². The minimum atomic E-state index is -4.71. The summed E-state index contributed by atoms with van der Waals surface area (Å²) in [6, 6.07) is 0. The molecule has 46 heavy (non-hydrogen) atoms. The van der Waals surface area contributed by atoms with Crippen molar-refractivity contribution in [2.45, 2.75) is 122 Å². The molecule has 1 fully saturated rings. The van der Waals surface area contributed by atoms with E-state index in [2.05, 4.69) is 19.1 Å². The molecule has 1 saturated heterocycles. The zero-order valence-electron chi connectivity index (χ0n) is 28.1. The Labute approximate surface area is 272 Å². The molecule has 0 radical (unpaired) electrons. The molecule has 0 aliphatic carbocycles. The van der Waals surface area contributed by atoms with E-state index in [9.17, 15) is 28.2 Å². The number of likely N-dealkylation sites (N-methyl/N-ethyl adjacent to an activating group) is 1. The van der Waals surface area contributed by atoms with Gasteiger partial charge in [-0.3, -0.25) is 23.7 Å². The number of allylic oxidation sites excluding steroid dienone is 2. The van der Waals surface area contributed by atoms with Crippen molar-refractivity contribution in [1.29, 1.82) is 0 Å². The molecule has 4 unspecified atom stereocenters. The molecular weight excluding hydrogens is 620 g/mol. The maximum Gasteiger partial charge on any atom is 0.330 e. The van der Waals surface area contributed by atoms with Crippen LogP contribution in [0.3, 0.4) is 0 Å². The molecule has 14 heteroatoms. The summed E-state index contributed by atoms with van der Waals surface area (Å²) in [6.45, 7) is 1.99. The molecule has 2 rings (SSSR count). The number of esters is 1. The Bertz CT molecular complexity index is 1230. The Hall–Kier alpha value is -2.15. The number of nitrogens with one attached hydrogen (secondary N) is 1. The first-order valence-corrected chi connectivity index (χ1v) is 18.2. The molecule has 1 aliphatic heterocycles. The van der Waals surface area contributed by atoms with Crippen molar-refractivity contribution < 1.29 is 41.6 Å². The van der Waals surface area contributed by atoms with Gasteiger partial charge in [0.05, 0.1) is 33.9 Å². The van der Waals surface area contributed by atoms with Gasteiger partial charge in [0.15, 0.2) is 0 Å². The van der Waals surface area contributed by atoms with Gasteiger partial charge in [0.2, 0.25) is 5.82 Å². The van der Waals surface area contributed by atoms with Gasteiger partial charge >= 0.3 is 11.7 Å². The van der Waals surface area contributed by atoms with Crippen LogP contribution in [-0.2, 0) is 27.9 Å². The van der Waals surface area contributed by atoms with E-state index in [1.54, 1.807) is 0 Å². The summed E-state index contributed by atoms with van der Waals surface area (Å²) < 4.78 is 48.9. The lowest BCUT2D eigenvalue weighted by atomic mass is 10.1. The predicted molar refractivity (Wildman–Crippen MR) is 172 cm³/mol. The van der Waals surface area contributed by atoms with Gasteiger partial charge in [-0.1, -0.05) is 70.4 Å². The number of aromatic amines is 1. The molecule has 1 aliphatic rings. The number of rotatable bonds is 24. The summed E-state index contributed by atoms with van der Waals surface area (Å²) in [6.07, 6.45) is 16.8. The Morgan fingerprint density at radius 3 is 2.28 bits per heavy atom. The molecule has 4 atom stereocenters. The lowest BCUT2D eigenvalue weighted by Gasteiger charge is -2.28. The van der Waals surface area contributed by atoms with E-state index < -0.39 is 55.9 Å². The highest BCUT2D eigenvalue weighted by atomic mass is 31.2. The Morgan fingerprint density at radius 1 is 1.04 bits per heavy atom. The van der Waals surface area contributed by atoms with Crippen LogP contribution >= 0.6 is 7.82 Å². The van der Waals surface area contributed by atoms with Gasteiger partial charge in [0.1, 0.15) is 31.6 Å². The number of H-pyrrole nitrogens is 1. The number of unbranched alkanes of at least 4 members (excludes halogenated alkanes) is 11. The molecule has 1 aromatic heterocycles. The van der Waals surface area contributed by atoms with Crippen molar-refractivity contribution in [2.24, 2.45) is 0 Å². The standard InChI is InChI=1S/C32H55FN3O9P/c1-5-6-7-8-9-10-11-12-13-14-15-16-17-18-19-20-30(37)45-27-23-29(35-24-26(33)31(38)34-32(35)39)44-28(27)25-43-46(40,41)42-22-21-36(2,3)4/h12-13,24,27-29H,5-11,14-23,25H2,1-4H3,(H-,34,38,39,40,41). The highest BCUT2D eigenvalue weighted by Gasteiger charge is 2.40. The number of carbonyl (C=O) groups excluding carboxylic acids is 1. The first-order chi connectivity index (χ1) is 21.8. The van der Waals surface area contributed by atoms with E-state index >= 15 is 0 Å². The fourth-order valence-electron chi connectivity index (χ4n) is 5.02. The normalized spacial score (nSPS) is 19.9. The topological polar surface area (TPSA) is 149 Å². The largest absolute Gasteiger partial charge is 0.756 e. The average Bonchev–Trinajstić information content (AvgIpc) is 3.37. The molecule has 1 aromatic rings. The maximum absolute atomic E-state index is 13.9. The second kappa shape index (κ2) is 21.0. The van der Waals surface area contributed by atoms with E-state index in [1.165, 1.54) is 38.5 Å². The summed E-state index contributed by atoms with van der Waals surface area (Å²) in [5, 5.41) is 0. The second-order valence-electron chi connectivity index (χ2n) is 13.0. The summed E-state index contributed by atoms with van der Waals surface area (Å²) >= 11 is 0. The Kier molecular flexibility index (Phi) is 18.2. The first kappa shape index (κ1) is 40.0. The quantitative estimate of drug-likeness (QED) is 0.0518. The molecule has 0 bridgehead atoms. The summed E-state index contributed by atoms with van der Waals surface area (Å²) in [7, 11) is 0.922. The van der Waals surface area contributed by atoms with Crippen LogP contribution < -0.4 is 16.1 Å². The van der Waals surface area contributed by atoms with Crippen molar-refractivity contribution in [3.05, 3.63) is 45.0 Å². The van der Waals surface area contributed by atoms with Crippen molar-refractivity contribution >= 4 is 13.8 Å². The SMILES string of the molecule is CCCCCCCCC=CCCCCCCCC(=O)OC1CC(n2cc(F)c(=O)[nH]c2=O)OC1COP(=O)([O-])OCC[N+](C)(C)C. The third kappa shape index (κ3) is 16.6. The molecular formula is C32H55FN3O9P. The van der Waals surface area contributed by atoms with Crippen molar-refractivity contribution in [3.8, 4) is 0 Å². The lowest BCUT2D eigenvalue weighted by Crippen LogP contribution is -2.37. The number of nitrogens with zero attached hydrogens (tertiary/aromatic N) is 2. The predicted octanol–water partition coefficient (Wildman–Crippen LogP) is 5.12. The van der Waals surface area contributed by atoms with Crippen LogP contribution in [0.1, 0.15) is 109 Å². The number of phosphoric ester groups is 1. The highest BCUT2D eigenvalue weighted by molar-refractivity contribution is 7.45. The summed E-state index contributed by atoms with van der Waals surface area (Å²) in [5.74, 6) is -1.70. The molecule has 264 valence electrons. The van der Waals surface area contributed by atoms with E-state index in [-0.39, 0.29) is 19.4 Å². The van der Waals surface area contributed by atoms with Gasteiger partial charge in [0, 0.05) is 12.8 Å². The lowest BCUT2D eigenvalue weighted by molar-refractivity contribution is -0.870. The smallest absolute Gasteiger partial charge is 0.330 e. The zero-order chi connectivity index (χ0) is 34.0. The summed E-state index contributed by atoms with van der Waals surface area (Å²) in [5.41, 5.74) is -2.10. The fourth-order valence-corrected chi connectivity index (χ4v) is 5.73. The van der Waals surface area contributed by atoms with Crippen LogP contribution in [0, 0.1) is 5.82 Å². The number of carbonyl (C=O) groups is 1. The van der Waals surface area contributed by atoms with Gasteiger partial charge in [0.25, 0.3) is 13.4 Å². The maximum atomic E-state index is 13.9. The van der Waals surface area contributed by atoms with Gasteiger partial charge in [-0.2, -0.15) is 4.39 Å². The van der Waals surface area contributed by atoms with E-state index in [0.717, 1.165) is 43.1 Å². The highest BCUT2D eigenvalue weighted by Crippen LogP contribution is 2.40. The van der Waals surface area contributed by atoms with Crippen molar-refractivity contribution in [2.75, 3.05) is 40.9 Å². The monoisotopic (exact) mass is 675 g/mol. The number of quaternary nitrogens is 1.